The van der Waals surface area contributed by atoms with Gasteiger partial charge in [-0.3, -0.25) is 0 Å². The van der Waals surface area contributed by atoms with Crippen LogP contribution in [0.15, 0.2) is 47.6 Å². The molecule has 1 amide bonds. The second-order valence-electron chi connectivity index (χ2n) is 5.48. The van der Waals surface area contributed by atoms with Crippen LogP contribution in [0.25, 0.3) is 0 Å². The van der Waals surface area contributed by atoms with Crippen molar-refractivity contribution >= 4 is 23.9 Å². The van der Waals surface area contributed by atoms with Crippen LogP contribution in [0.5, 0.6) is 17.2 Å². The van der Waals surface area contributed by atoms with Crippen molar-refractivity contribution in [1.82, 2.24) is 5.43 Å². The molecule has 0 aromatic heterocycles. The molecule has 28 heavy (non-hydrogen) atoms. The number of ether oxygens (including phenoxy) is 4. The molecule has 0 heterocycles. The average molecular weight is 407 g/mol. The molecule has 1 N–H and O–H groups in total. The van der Waals surface area contributed by atoms with E-state index >= 15 is 0 Å². The molecule has 0 saturated heterocycles. The molecule has 0 aliphatic heterocycles. The Morgan fingerprint density at radius 1 is 1.07 bits per heavy atom. The van der Waals surface area contributed by atoms with Crippen molar-refractivity contribution in [3.05, 3.63) is 53.1 Å². The number of halogens is 1. The largest absolute Gasteiger partial charge is 0.492 e. The quantitative estimate of drug-likeness (QED) is 0.362. The lowest BCUT2D eigenvalue weighted by Crippen LogP contribution is -2.16. The first-order valence-electron chi connectivity index (χ1n) is 8.78. The number of nitrogens with one attached hydrogen (secondary N) is 1. The maximum atomic E-state index is 11.0. The van der Waals surface area contributed by atoms with Gasteiger partial charge in [-0.25, -0.2) is 10.2 Å². The monoisotopic (exact) mass is 406 g/mol. The summed E-state index contributed by atoms with van der Waals surface area (Å²) in [7, 11) is 1.27. The molecule has 0 bridgehead atoms. The van der Waals surface area contributed by atoms with Crippen LogP contribution in [0.3, 0.4) is 0 Å². The Morgan fingerprint density at radius 3 is 2.54 bits per heavy atom. The summed E-state index contributed by atoms with van der Waals surface area (Å²) < 4.78 is 21.5. The molecule has 0 spiro atoms. The van der Waals surface area contributed by atoms with Gasteiger partial charge in [0.1, 0.15) is 5.75 Å². The van der Waals surface area contributed by atoms with Crippen LogP contribution in [0.2, 0.25) is 5.02 Å². The molecule has 0 aliphatic rings. The Balaban J connectivity index is 1.86. The minimum atomic E-state index is -0.639. The Kier molecular flexibility index (Phi) is 8.94. The van der Waals surface area contributed by atoms with Crippen LogP contribution in [0, 0.1) is 0 Å². The van der Waals surface area contributed by atoms with Gasteiger partial charge in [0.05, 0.1) is 38.2 Å². The van der Waals surface area contributed by atoms with Gasteiger partial charge < -0.3 is 18.9 Å². The van der Waals surface area contributed by atoms with E-state index in [2.05, 4.69) is 15.3 Å². The van der Waals surface area contributed by atoms with E-state index in [-0.39, 0.29) is 0 Å². The topological polar surface area (TPSA) is 78.4 Å². The molecular formula is C20H23ClN2O5. The molecule has 2 aromatic carbocycles. The highest BCUT2D eigenvalue weighted by molar-refractivity contribution is 6.32. The number of carbonyl (C=O) groups excluding carboxylic acids is 1. The number of hydrogen-bond donors (Lipinski definition) is 1. The van der Waals surface area contributed by atoms with E-state index in [1.54, 1.807) is 24.3 Å². The SMILES string of the molecule is CCOc1cc(C=NNC(=O)OC)ccc1OCCCOc1ccccc1Cl. The molecule has 0 radical (unpaired) electrons. The zero-order chi connectivity index (χ0) is 20.2. The van der Waals surface area contributed by atoms with E-state index in [1.165, 1.54) is 13.3 Å². The Labute approximate surface area is 169 Å². The van der Waals surface area contributed by atoms with Crippen molar-refractivity contribution < 1.29 is 23.7 Å². The Hall–Kier alpha value is -2.93. The molecule has 0 atom stereocenters. The van der Waals surface area contributed by atoms with Crippen molar-refractivity contribution in [1.29, 1.82) is 0 Å². The standard InChI is InChI=1S/C20H23ClN2O5/c1-3-26-19-13-15(14-22-23-20(24)25-2)9-10-18(19)28-12-6-11-27-17-8-5-4-7-16(17)21/h4-5,7-10,13-14H,3,6,11-12H2,1-2H3,(H,23,24). The van der Waals surface area contributed by atoms with Gasteiger partial charge in [0.15, 0.2) is 11.5 Å². The fourth-order valence-electron chi connectivity index (χ4n) is 2.18. The van der Waals surface area contributed by atoms with E-state index < -0.39 is 6.09 Å². The van der Waals surface area contributed by atoms with Gasteiger partial charge in [-0.1, -0.05) is 23.7 Å². The molecule has 2 rings (SSSR count). The lowest BCUT2D eigenvalue weighted by molar-refractivity contribution is 0.171. The van der Waals surface area contributed by atoms with Crippen LogP contribution in [0.4, 0.5) is 4.79 Å². The van der Waals surface area contributed by atoms with Crippen LogP contribution in [0.1, 0.15) is 18.9 Å². The van der Waals surface area contributed by atoms with E-state index in [1.807, 2.05) is 25.1 Å². The maximum absolute atomic E-state index is 11.0. The number of rotatable bonds is 10. The molecular weight excluding hydrogens is 384 g/mol. The molecule has 0 fully saturated rings. The lowest BCUT2D eigenvalue weighted by Gasteiger charge is -2.13. The van der Waals surface area contributed by atoms with Gasteiger partial charge >= 0.3 is 6.09 Å². The van der Waals surface area contributed by atoms with Crippen LogP contribution in [-0.2, 0) is 4.74 Å². The number of hydrazone groups is 1. The summed E-state index contributed by atoms with van der Waals surface area (Å²) in [5.74, 6) is 1.87. The zero-order valence-electron chi connectivity index (χ0n) is 15.8. The Bertz CT molecular complexity index is 798. The average Bonchev–Trinajstić information content (AvgIpc) is 2.70. The summed E-state index contributed by atoms with van der Waals surface area (Å²) >= 11 is 6.05. The fraction of sp³-hybridized carbons (Fsp3) is 0.300. The van der Waals surface area contributed by atoms with Crippen molar-refractivity contribution in [2.24, 2.45) is 5.10 Å². The summed E-state index contributed by atoms with van der Waals surface area (Å²) in [5, 5.41) is 4.38. The van der Waals surface area contributed by atoms with Crippen molar-refractivity contribution in [2.75, 3.05) is 26.9 Å². The first kappa shape index (κ1) is 21.4. The maximum Gasteiger partial charge on any atom is 0.427 e. The molecule has 8 heteroatoms. The van der Waals surface area contributed by atoms with Gasteiger partial charge in [-0.05, 0) is 42.8 Å². The van der Waals surface area contributed by atoms with Crippen LogP contribution in [-0.4, -0.2) is 39.2 Å². The van der Waals surface area contributed by atoms with Gasteiger partial charge in [-0.15, -0.1) is 0 Å². The number of para-hydroxylation sites is 1. The zero-order valence-corrected chi connectivity index (χ0v) is 16.6. The van der Waals surface area contributed by atoms with Crippen molar-refractivity contribution in [3.63, 3.8) is 0 Å². The summed E-state index contributed by atoms with van der Waals surface area (Å²) in [6.45, 7) is 3.33. The summed E-state index contributed by atoms with van der Waals surface area (Å²) in [6.07, 6.45) is 1.53. The number of hydrogen-bond acceptors (Lipinski definition) is 6. The summed E-state index contributed by atoms with van der Waals surface area (Å²) in [6, 6.07) is 12.7. The smallest absolute Gasteiger partial charge is 0.427 e. The molecule has 7 nitrogen and oxygen atoms in total. The number of carbonyl (C=O) groups is 1. The molecule has 0 saturated carbocycles. The molecule has 0 aliphatic carbocycles. The second kappa shape index (κ2) is 11.7. The number of methoxy groups -OCH3 is 1. The third-order valence-electron chi connectivity index (χ3n) is 3.46. The van der Waals surface area contributed by atoms with Crippen molar-refractivity contribution in [3.8, 4) is 17.2 Å². The van der Waals surface area contributed by atoms with Gasteiger partial charge in [0.2, 0.25) is 0 Å². The van der Waals surface area contributed by atoms with Crippen LogP contribution < -0.4 is 19.6 Å². The van der Waals surface area contributed by atoms with E-state index in [4.69, 9.17) is 25.8 Å². The second-order valence-corrected chi connectivity index (χ2v) is 5.89. The van der Waals surface area contributed by atoms with Gasteiger partial charge in [0, 0.05) is 6.42 Å². The highest BCUT2D eigenvalue weighted by Gasteiger charge is 2.07. The third kappa shape index (κ3) is 7.00. The van der Waals surface area contributed by atoms with E-state index in [0.717, 1.165) is 5.56 Å². The minimum absolute atomic E-state index is 0.460. The predicted octanol–water partition coefficient (Wildman–Crippen LogP) is 4.28. The minimum Gasteiger partial charge on any atom is -0.492 e. The summed E-state index contributed by atoms with van der Waals surface area (Å²) in [4.78, 5) is 11.0. The van der Waals surface area contributed by atoms with E-state index in [9.17, 15) is 4.79 Å². The number of nitrogens with zero attached hydrogens (tertiary/aromatic N) is 1. The number of amides is 1. The highest BCUT2D eigenvalue weighted by Crippen LogP contribution is 2.28. The first-order valence-corrected chi connectivity index (χ1v) is 9.15. The third-order valence-corrected chi connectivity index (χ3v) is 3.78. The Morgan fingerprint density at radius 2 is 1.82 bits per heavy atom. The summed E-state index contributed by atoms with van der Waals surface area (Å²) in [5.41, 5.74) is 2.97. The number of benzene rings is 2. The molecule has 2 aromatic rings. The molecule has 0 unspecified atom stereocenters. The highest BCUT2D eigenvalue weighted by atomic mass is 35.5. The fourth-order valence-corrected chi connectivity index (χ4v) is 2.37. The molecule has 150 valence electrons. The normalized spacial score (nSPS) is 10.5. The lowest BCUT2D eigenvalue weighted by atomic mass is 10.2. The first-order chi connectivity index (χ1) is 13.6. The van der Waals surface area contributed by atoms with Crippen LogP contribution >= 0.6 is 11.6 Å². The van der Waals surface area contributed by atoms with Gasteiger partial charge in [-0.2, -0.15) is 5.10 Å². The van der Waals surface area contributed by atoms with Crippen molar-refractivity contribution in [2.45, 2.75) is 13.3 Å². The predicted molar refractivity (Wildman–Crippen MR) is 108 cm³/mol. The van der Waals surface area contributed by atoms with Gasteiger partial charge in [0.25, 0.3) is 0 Å². The van der Waals surface area contributed by atoms with E-state index in [0.29, 0.717) is 48.5 Å².